The Morgan fingerprint density at radius 2 is 1.87 bits per heavy atom. The van der Waals surface area contributed by atoms with E-state index in [1.54, 1.807) is 56.9 Å². The second kappa shape index (κ2) is 15.6. The van der Waals surface area contributed by atoms with E-state index in [1.807, 2.05) is 24.1 Å². The Kier molecular flexibility index (Phi) is 11.4. The number of halogens is 3. The van der Waals surface area contributed by atoms with Crippen LogP contribution in [0.1, 0.15) is 24.0 Å². The number of pyridine rings is 3. The smallest absolute Gasteiger partial charge is 0.220 e. The van der Waals surface area contributed by atoms with Crippen LogP contribution in [0.3, 0.4) is 0 Å². The molecule has 1 amide bonds. The van der Waals surface area contributed by atoms with Crippen molar-refractivity contribution >= 4 is 40.6 Å². The number of hydrogen-bond donors (Lipinski definition) is 3. The van der Waals surface area contributed by atoms with Gasteiger partial charge >= 0.3 is 0 Å². The monoisotopic (exact) mass is 667 g/mol. The maximum absolute atomic E-state index is 15.4. The zero-order valence-corrected chi connectivity index (χ0v) is 27.4. The molecular formula is C33H36Cl2FN7O3. The minimum atomic E-state index is -0.463. The minimum absolute atomic E-state index is 0.0587. The van der Waals surface area contributed by atoms with Crippen molar-refractivity contribution < 1.29 is 18.7 Å². The van der Waals surface area contributed by atoms with Crippen LogP contribution >= 0.6 is 23.2 Å². The summed E-state index contributed by atoms with van der Waals surface area (Å²) in [7, 11) is 5.10. The lowest BCUT2D eigenvalue weighted by Crippen LogP contribution is -2.35. The van der Waals surface area contributed by atoms with Crippen LogP contribution in [0.25, 0.3) is 22.5 Å². The number of nitrogens with zero attached hydrogens (tertiary/aromatic N) is 4. The lowest BCUT2D eigenvalue weighted by molar-refractivity contribution is -0.119. The van der Waals surface area contributed by atoms with Gasteiger partial charge in [0, 0.05) is 80.4 Å². The van der Waals surface area contributed by atoms with Crippen LogP contribution in [0.5, 0.6) is 5.88 Å². The molecular weight excluding hydrogens is 632 g/mol. The van der Waals surface area contributed by atoms with E-state index in [4.69, 9.17) is 37.7 Å². The molecule has 5 rings (SSSR count). The Balaban J connectivity index is 1.36. The number of rotatable bonds is 14. The van der Waals surface area contributed by atoms with E-state index < -0.39 is 5.82 Å². The molecule has 1 aromatic carbocycles. The summed E-state index contributed by atoms with van der Waals surface area (Å²) >= 11 is 13.8. The van der Waals surface area contributed by atoms with Crippen LogP contribution in [0.2, 0.25) is 10.0 Å². The molecule has 1 atom stereocenters. The van der Waals surface area contributed by atoms with Gasteiger partial charge in [0.1, 0.15) is 0 Å². The van der Waals surface area contributed by atoms with Crippen molar-refractivity contribution in [1.29, 1.82) is 0 Å². The summed E-state index contributed by atoms with van der Waals surface area (Å²) < 4.78 is 26.2. The molecule has 1 aliphatic rings. The number of hydrogen-bond acceptors (Lipinski definition) is 9. The van der Waals surface area contributed by atoms with Gasteiger partial charge in [-0.25, -0.2) is 14.4 Å². The average Bonchev–Trinajstić information content (AvgIpc) is 3.48. The summed E-state index contributed by atoms with van der Waals surface area (Å²) in [6, 6.07) is 12.7. The van der Waals surface area contributed by atoms with Crippen LogP contribution in [-0.2, 0) is 22.6 Å². The van der Waals surface area contributed by atoms with Gasteiger partial charge in [-0.15, -0.1) is 0 Å². The first-order chi connectivity index (χ1) is 22.3. The maximum Gasteiger partial charge on any atom is 0.220 e. The zero-order chi connectivity index (χ0) is 32.6. The first kappa shape index (κ1) is 33.5. The zero-order valence-electron chi connectivity index (χ0n) is 25.9. The summed E-state index contributed by atoms with van der Waals surface area (Å²) in [6.07, 6.45) is 4.57. The van der Waals surface area contributed by atoms with Crippen molar-refractivity contribution in [2.75, 3.05) is 46.3 Å². The lowest BCUT2D eigenvalue weighted by Gasteiger charge is -2.18. The average molecular weight is 669 g/mol. The van der Waals surface area contributed by atoms with Gasteiger partial charge < -0.3 is 25.4 Å². The highest BCUT2D eigenvalue weighted by molar-refractivity contribution is 6.39. The minimum Gasteiger partial charge on any atom is -0.481 e. The number of methoxy groups -OCH3 is 2. The molecule has 1 saturated heterocycles. The number of anilines is 2. The second-order valence-corrected chi connectivity index (χ2v) is 11.7. The number of nitrogens with one attached hydrogen (secondary N) is 3. The standard InChI is InChI=1S/C33H36Cl2FN7O3/c1-43(15-16-45-2)19-21-11-13-39-32(30(21)36)41-26-6-4-5-24(28(26)34)31-29(35)23(12-14-38-31)25-9-7-20(33(42-25)46-3)17-37-18-22-8-10-27(44)40-22/h4-7,9,11-14,22,37H,8,10,15-19H2,1-3H3,(H,39,41)(H,40,44)/t22-/m1/s1. The highest BCUT2D eigenvalue weighted by atomic mass is 35.5. The van der Waals surface area contributed by atoms with Gasteiger partial charge in [0.2, 0.25) is 11.8 Å². The number of carbonyl (C=O) groups is 1. The van der Waals surface area contributed by atoms with E-state index in [2.05, 4.69) is 25.9 Å². The molecule has 4 heterocycles. The number of likely N-dealkylation sites (N-methyl/N-ethyl adjacent to an activating group) is 1. The van der Waals surface area contributed by atoms with Gasteiger partial charge in [-0.05, 0) is 37.7 Å². The third-order valence-electron chi connectivity index (χ3n) is 7.68. The molecule has 0 unspecified atom stereocenters. The molecule has 1 aliphatic heterocycles. The van der Waals surface area contributed by atoms with Gasteiger partial charge in [-0.1, -0.05) is 41.4 Å². The molecule has 242 valence electrons. The highest BCUT2D eigenvalue weighted by Gasteiger charge is 2.21. The van der Waals surface area contributed by atoms with E-state index in [0.717, 1.165) is 12.0 Å². The molecule has 10 nitrogen and oxygen atoms in total. The van der Waals surface area contributed by atoms with Crippen LogP contribution < -0.4 is 20.7 Å². The van der Waals surface area contributed by atoms with E-state index >= 15 is 4.39 Å². The fourth-order valence-electron chi connectivity index (χ4n) is 5.22. The summed E-state index contributed by atoms with van der Waals surface area (Å²) in [4.78, 5) is 26.9. The van der Waals surface area contributed by atoms with Gasteiger partial charge in [-0.2, -0.15) is 0 Å². The predicted molar refractivity (Wildman–Crippen MR) is 178 cm³/mol. The van der Waals surface area contributed by atoms with Crippen LogP contribution in [-0.4, -0.2) is 72.8 Å². The molecule has 4 aromatic rings. The van der Waals surface area contributed by atoms with E-state index in [-0.39, 0.29) is 17.8 Å². The Morgan fingerprint density at radius 1 is 1.04 bits per heavy atom. The molecule has 0 spiro atoms. The van der Waals surface area contributed by atoms with Crippen molar-refractivity contribution in [3.8, 4) is 28.4 Å². The normalized spacial score (nSPS) is 14.5. The van der Waals surface area contributed by atoms with Crippen molar-refractivity contribution in [2.24, 2.45) is 0 Å². The van der Waals surface area contributed by atoms with Crippen LogP contribution in [0.15, 0.2) is 54.9 Å². The Morgan fingerprint density at radius 3 is 2.63 bits per heavy atom. The summed E-state index contributed by atoms with van der Waals surface area (Å²) in [5.41, 5.74) is 4.06. The number of ether oxygens (including phenoxy) is 2. The summed E-state index contributed by atoms with van der Waals surface area (Å²) in [6.45, 7) is 2.78. The Labute approximate surface area is 277 Å². The number of amides is 1. The molecule has 0 bridgehead atoms. The molecule has 13 heteroatoms. The van der Waals surface area contributed by atoms with Gasteiger partial charge in [0.05, 0.1) is 40.8 Å². The second-order valence-electron chi connectivity index (χ2n) is 11.0. The van der Waals surface area contributed by atoms with Gasteiger partial charge in [0.15, 0.2) is 11.6 Å². The molecule has 0 radical (unpaired) electrons. The van der Waals surface area contributed by atoms with E-state index in [1.165, 1.54) is 0 Å². The van der Waals surface area contributed by atoms with Crippen LogP contribution in [0.4, 0.5) is 15.9 Å². The van der Waals surface area contributed by atoms with Gasteiger partial charge in [0.25, 0.3) is 0 Å². The van der Waals surface area contributed by atoms with E-state index in [0.29, 0.717) is 88.9 Å². The molecule has 3 aromatic heterocycles. The topological polar surface area (TPSA) is 114 Å². The van der Waals surface area contributed by atoms with Crippen molar-refractivity contribution in [3.63, 3.8) is 0 Å². The summed E-state index contributed by atoms with van der Waals surface area (Å²) in [5.74, 6) is 0.140. The third-order valence-corrected chi connectivity index (χ3v) is 8.47. The highest BCUT2D eigenvalue weighted by Crippen LogP contribution is 2.41. The van der Waals surface area contributed by atoms with Crippen LogP contribution in [0, 0.1) is 5.82 Å². The van der Waals surface area contributed by atoms with Crippen molar-refractivity contribution in [2.45, 2.75) is 32.0 Å². The van der Waals surface area contributed by atoms with Crippen molar-refractivity contribution in [3.05, 3.63) is 81.8 Å². The fraction of sp³-hybridized carbons (Fsp3) is 0.333. The first-order valence-electron chi connectivity index (χ1n) is 14.8. The SMILES string of the molecule is COCCN(C)Cc1ccnc(Nc2cccc(-c3nccc(-c4ccc(CNC[C@H]5CCC(=O)N5)c(OC)n4)c3Cl)c2Cl)c1F. The number of aromatic nitrogens is 3. The molecule has 3 N–H and O–H groups in total. The molecule has 0 aliphatic carbocycles. The number of benzene rings is 1. The largest absolute Gasteiger partial charge is 0.481 e. The molecule has 0 saturated carbocycles. The third kappa shape index (κ3) is 7.91. The molecule has 1 fully saturated rings. The fourth-order valence-corrected chi connectivity index (χ4v) is 5.79. The van der Waals surface area contributed by atoms with E-state index in [9.17, 15) is 4.79 Å². The quantitative estimate of drug-likeness (QED) is 0.152. The first-order valence-corrected chi connectivity index (χ1v) is 15.6. The molecule has 46 heavy (non-hydrogen) atoms. The Hall–Kier alpha value is -3.87. The lowest BCUT2D eigenvalue weighted by atomic mass is 10.1. The number of carbonyl (C=O) groups excluding carboxylic acids is 1. The van der Waals surface area contributed by atoms with Crippen molar-refractivity contribution in [1.82, 2.24) is 30.5 Å². The predicted octanol–water partition coefficient (Wildman–Crippen LogP) is 5.85. The summed E-state index contributed by atoms with van der Waals surface area (Å²) in [5, 5.41) is 10.0. The van der Waals surface area contributed by atoms with Gasteiger partial charge in [-0.3, -0.25) is 14.7 Å². The maximum atomic E-state index is 15.4. The Bertz CT molecular complexity index is 1690.